The first-order chi connectivity index (χ1) is 10.5. The minimum absolute atomic E-state index is 0.0177. The van der Waals surface area contributed by atoms with Gasteiger partial charge in [-0.2, -0.15) is 0 Å². The Labute approximate surface area is 144 Å². The zero-order valence-corrected chi connectivity index (χ0v) is 14.6. The quantitative estimate of drug-likeness (QED) is 0.817. The third-order valence-corrected chi connectivity index (χ3v) is 4.67. The summed E-state index contributed by atoms with van der Waals surface area (Å²) in [7, 11) is 1.89. The van der Waals surface area contributed by atoms with Crippen molar-refractivity contribution in [3.05, 3.63) is 56.2 Å². The standard InChI is InChI=1S/C16H18Cl2N2OS/c1-20(10-12-4-5-13(17)9-15(12)18)11-16(21)19-7-6-14-3-2-8-22-14/h2-5,8-9H,6-7,10-11H2,1H3,(H,19,21). The van der Waals surface area contributed by atoms with E-state index in [9.17, 15) is 4.79 Å². The molecule has 2 rings (SSSR count). The Hall–Kier alpha value is -1.07. The lowest BCUT2D eigenvalue weighted by molar-refractivity contribution is -0.122. The molecule has 0 bridgehead atoms. The fraction of sp³-hybridized carbons (Fsp3) is 0.312. The van der Waals surface area contributed by atoms with Crippen LogP contribution in [0.2, 0.25) is 10.0 Å². The van der Waals surface area contributed by atoms with E-state index in [4.69, 9.17) is 23.2 Å². The van der Waals surface area contributed by atoms with Crippen LogP contribution < -0.4 is 5.32 Å². The normalized spacial score (nSPS) is 10.9. The van der Waals surface area contributed by atoms with E-state index in [1.165, 1.54) is 4.88 Å². The lowest BCUT2D eigenvalue weighted by Gasteiger charge is -2.17. The monoisotopic (exact) mass is 356 g/mol. The van der Waals surface area contributed by atoms with E-state index in [0.717, 1.165) is 12.0 Å². The van der Waals surface area contributed by atoms with Gasteiger partial charge in [0.15, 0.2) is 0 Å². The van der Waals surface area contributed by atoms with Crippen LogP contribution in [0.3, 0.4) is 0 Å². The Morgan fingerprint density at radius 3 is 2.82 bits per heavy atom. The minimum Gasteiger partial charge on any atom is -0.355 e. The van der Waals surface area contributed by atoms with Crippen LogP contribution in [0.15, 0.2) is 35.7 Å². The third-order valence-electron chi connectivity index (χ3n) is 3.14. The number of likely N-dealkylation sites (N-methyl/N-ethyl adjacent to an activating group) is 1. The third kappa shape index (κ3) is 5.61. The highest BCUT2D eigenvalue weighted by Gasteiger charge is 2.09. The fourth-order valence-corrected chi connectivity index (χ4v) is 3.25. The van der Waals surface area contributed by atoms with Gasteiger partial charge < -0.3 is 5.32 Å². The van der Waals surface area contributed by atoms with Crippen LogP contribution >= 0.6 is 34.5 Å². The van der Waals surface area contributed by atoms with Crippen LogP contribution in [0.5, 0.6) is 0 Å². The topological polar surface area (TPSA) is 32.3 Å². The summed E-state index contributed by atoms with van der Waals surface area (Å²) < 4.78 is 0. The molecule has 0 unspecified atom stereocenters. The first-order valence-electron chi connectivity index (χ1n) is 6.96. The molecule has 1 aromatic heterocycles. The van der Waals surface area contributed by atoms with E-state index >= 15 is 0 Å². The lowest BCUT2D eigenvalue weighted by Crippen LogP contribution is -2.35. The van der Waals surface area contributed by atoms with Gasteiger partial charge in [0.2, 0.25) is 5.91 Å². The second kappa shape index (κ2) is 8.53. The van der Waals surface area contributed by atoms with E-state index in [0.29, 0.717) is 29.7 Å². The highest BCUT2D eigenvalue weighted by atomic mass is 35.5. The average Bonchev–Trinajstić information content (AvgIpc) is 2.95. The predicted octanol–water partition coefficient (Wildman–Crippen LogP) is 3.85. The Morgan fingerprint density at radius 1 is 1.32 bits per heavy atom. The van der Waals surface area contributed by atoms with Gasteiger partial charge in [-0.1, -0.05) is 35.3 Å². The summed E-state index contributed by atoms with van der Waals surface area (Å²) in [6.45, 7) is 1.60. The Kier molecular flexibility index (Phi) is 6.70. The molecule has 1 heterocycles. The Morgan fingerprint density at radius 2 is 2.14 bits per heavy atom. The number of nitrogens with one attached hydrogen (secondary N) is 1. The number of carbonyl (C=O) groups excluding carboxylic acids is 1. The molecule has 1 aromatic carbocycles. The molecular formula is C16H18Cl2N2OS. The van der Waals surface area contributed by atoms with Gasteiger partial charge in [0.1, 0.15) is 0 Å². The number of hydrogen-bond acceptors (Lipinski definition) is 3. The average molecular weight is 357 g/mol. The van der Waals surface area contributed by atoms with Crippen molar-refractivity contribution in [2.75, 3.05) is 20.1 Å². The molecule has 0 saturated heterocycles. The molecule has 0 fully saturated rings. The highest BCUT2D eigenvalue weighted by Crippen LogP contribution is 2.21. The second-order valence-corrected chi connectivity index (χ2v) is 6.96. The van der Waals surface area contributed by atoms with Crippen molar-refractivity contribution in [3.8, 4) is 0 Å². The summed E-state index contributed by atoms with van der Waals surface area (Å²) in [5.41, 5.74) is 0.958. The summed E-state index contributed by atoms with van der Waals surface area (Å²) in [6.07, 6.45) is 0.871. The van der Waals surface area contributed by atoms with Gasteiger partial charge in [-0.3, -0.25) is 9.69 Å². The zero-order valence-electron chi connectivity index (χ0n) is 12.3. The van der Waals surface area contributed by atoms with Crippen molar-refractivity contribution < 1.29 is 4.79 Å². The van der Waals surface area contributed by atoms with Crippen LogP contribution in [-0.4, -0.2) is 30.9 Å². The first-order valence-corrected chi connectivity index (χ1v) is 8.59. The number of amides is 1. The van der Waals surface area contributed by atoms with E-state index in [-0.39, 0.29) is 5.91 Å². The molecule has 0 aliphatic rings. The highest BCUT2D eigenvalue weighted by molar-refractivity contribution is 7.09. The molecule has 0 saturated carbocycles. The predicted molar refractivity (Wildman–Crippen MR) is 93.8 cm³/mol. The molecule has 6 heteroatoms. The van der Waals surface area contributed by atoms with Gasteiger partial charge in [-0.25, -0.2) is 0 Å². The van der Waals surface area contributed by atoms with Gasteiger partial charge in [-0.05, 0) is 42.6 Å². The molecule has 2 aromatic rings. The SMILES string of the molecule is CN(CC(=O)NCCc1cccs1)Cc1ccc(Cl)cc1Cl. The summed E-state index contributed by atoms with van der Waals surface area (Å²) in [4.78, 5) is 15.1. The molecule has 0 spiro atoms. The molecule has 0 atom stereocenters. The van der Waals surface area contributed by atoms with Gasteiger partial charge in [0.05, 0.1) is 6.54 Å². The van der Waals surface area contributed by atoms with Crippen LogP contribution in [0, 0.1) is 0 Å². The van der Waals surface area contributed by atoms with Crippen LogP contribution in [0.1, 0.15) is 10.4 Å². The van der Waals surface area contributed by atoms with Crippen LogP contribution in [-0.2, 0) is 17.8 Å². The van der Waals surface area contributed by atoms with Crippen molar-refractivity contribution >= 4 is 40.4 Å². The summed E-state index contributed by atoms with van der Waals surface area (Å²) in [6, 6.07) is 9.50. The van der Waals surface area contributed by atoms with Crippen LogP contribution in [0.25, 0.3) is 0 Å². The summed E-state index contributed by atoms with van der Waals surface area (Å²) in [5, 5.41) is 6.21. The van der Waals surface area contributed by atoms with Gasteiger partial charge >= 0.3 is 0 Å². The van der Waals surface area contributed by atoms with E-state index in [2.05, 4.69) is 11.4 Å². The van der Waals surface area contributed by atoms with Crippen molar-refractivity contribution in [2.24, 2.45) is 0 Å². The van der Waals surface area contributed by atoms with Gasteiger partial charge in [0, 0.05) is 28.0 Å². The molecule has 3 nitrogen and oxygen atoms in total. The largest absolute Gasteiger partial charge is 0.355 e. The van der Waals surface area contributed by atoms with Crippen molar-refractivity contribution in [1.82, 2.24) is 10.2 Å². The minimum atomic E-state index is 0.0177. The maximum atomic E-state index is 11.9. The number of nitrogens with zero attached hydrogens (tertiary/aromatic N) is 1. The van der Waals surface area contributed by atoms with E-state index in [1.807, 2.05) is 29.5 Å². The van der Waals surface area contributed by atoms with Gasteiger partial charge in [0.25, 0.3) is 0 Å². The number of carbonyl (C=O) groups is 1. The molecule has 1 N–H and O–H groups in total. The molecule has 0 radical (unpaired) electrons. The molecule has 118 valence electrons. The number of halogens is 2. The fourth-order valence-electron chi connectivity index (χ4n) is 2.08. The van der Waals surface area contributed by atoms with Crippen LogP contribution in [0.4, 0.5) is 0 Å². The van der Waals surface area contributed by atoms with E-state index < -0.39 is 0 Å². The Bertz CT molecular complexity index is 617. The Balaban J connectivity index is 1.73. The van der Waals surface area contributed by atoms with Crippen molar-refractivity contribution in [2.45, 2.75) is 13.0 Å². The second-order valence-electron chi connectivity index (χ2n) is 5.09. The zero-order chi connectivity index (χ0) is 15.9. The maximum Gasteiger partial charge on any atom is 0.234 e. The number of rotatable bonds is 7. The molecule has 0 aliphatic heterocycles. The first kappa shape index (κ1) is 17.3. The molecular weight excluding hydrogens is 339 g/mol. The number of benzene rings is 1. The maximum absolute atomic E-state index is 11.9. The molecule has 1 amide bonds. The number of hydrogen-bond donors (Lipinski definition) is 1. The lowest BCUT2D eigenvalue weighted by atomic mass is 10.2. The van der Waals surface area contributed by atoms with E-state index in [1.54, 1.807) is 23.5 Å². The smallest absolute Gasteiger partial charge is 0.234 e. The number of thiophene rings is 1. The molecule has 22 heavy (non-hydrogen) atoms. The van der Waals surface area contributed by atoms with Crippen molar-refractivity contribution in [1.29, 1.82) is 0 Å². The molecule has 0 aliphatic carbocycles. The van der Waals surface area contributed by atoms with Crippen molar-refractivity contribution in [3.63, 3.8) is 0 Å². The summed E-state index contributed by atoms with van der Waals surface area (Å²) >= 11 is 13.7. The van der Waals surface area contributed by atoms with Gasteiger partial charge in [-0.15, -0.1) is 11.3 Å². The summed E-state index contributed by atoms with van der Waals surface area (Å²) in [5.74, 6) is 0.0177.